The van der Waals surface area contributed by atoms with E-state index >= 15 is 0 Å². The predicted molar refractivity (Wildman–Crippen MR) is 137 cm³/mol. The molecule has 0 radical (unpaired) electrons. The summed E-state index contributed by atoms with van der Waals surface area (Å²) in [4.78, 5) is 35.4. The number of hydrogen-bond donors (Lipinski definition) is 0. The van der Waals surface area contributed by atoms with Crippen LogP contribution in [0.25, 0.3) is 10.2 Å². The van der Waals surface area contributed by atoms with Crippen molar-refractivity contribution in [2.24, 2.45) is 0 Å². The van der Waals surface area contributed by atoms with Crippen molar-refractivity contribution in [2.75, 3.05) is 49.1 Å². The van der Waals surface area contributed by atoms with Gasteiger partial charge in [0.15, 0.2) is 5.13 Å². The van der Waals surface area contributed by atoms with Crippen molar-refractivity contribution in [1.29, 1.82) is 0 Å². The number of carbonyl (C=O) groups excluding carboxylic acids is 1. The van der Waals surface area contributed by atoms with Gasteiger partial charge in [-0.05, 0) is 56.0 Å². The smallest absolute Gasteiger partial charge is 0.293 e. The van der Waals surface area contributed by atoms with E-state index in [9.17, 15) is 14.9 Å². The first kappa shape index (κ1) is 22.9. The first-order chi connectivity index (χ1) is 16.4. The Morgan fingerprint density at radius 1 is 1.03 bits per heavy atom. The molecule has 0 bridgehead atoms. The molecule has 8 nitrogen and oxygen atoms in total. The Labute approximate surface area is 206 Å². The number of amides is 1. The van der Waals surface area contributed by atoms with Crippen LogP contribution in [0.5, 0.6) is 0 Å². The summed E-state index contributed by atoms with van der Waals surface area (Å²) in [6, 6.07) is 8.80. The van der Waals surface area contributed by atoms with Crippen molar-refractivity contribution in [3.05, 3.63) is 56.6 Å². The normalized spacial score (nSPS) is 16.8. The average molecular weight is 500 g/mol. The summed E-state index contributed by atoms with van der Waals surface area (Å²) >= 11 is 7.87. The molecule has 34 heavy (non-hydrogen) atoms. The highest BCUT2D eigenvalue weighted by atomic mass is 35.5. The van der Waals surface area contributed by atoms with Crippen LogP contribution in [0.1, 0.15) is 35.2 Å². The van der Waals surface area contributed by atoms with E-state index in [4.69, 9.17) is 16.6 Å². The first-order valence-electron chi connectivity index (χ1n) is 11.6. The van der Waals surface area contributed by atoms with Crippen LogP contribution in [-0.2, 0) is 0 Å². The van der Waals surface area contributed by atoms with Gasteiger partial charge in [0.2, 0.25) is 0 Å². The van der Waals surface area contributed by atoms with E-state index in [2.05, 4.69) is 9.80 Å². The number of halogens is 1. The summed E-state index contributed by atoms with van der Waals surface area (Å²) in [7, 11) is 0. The zero-order valence-corrected chi connectivity index (χ0v) is 20.6. The van der Waals surface area contributed by atoms with Gasteiger partial charge in [-0.3, -0.25) is 14.9 Å². The molecule has 178 valence electrons. The highest BCUT2D eigenvalue weighted by molar-refractivity contribution is 7.22. The quantitative estimate of drug-likeness (QED) is 0.366. The lowest BCUT2D eigenvalue weighted by Gasteiger charge is -2.34. The number of nitro groups is 1. The molecule has 0 atom stereocenters. The van der Waals surface area contributed by atoms with E-state index in [1.807, 2.05) is 19.1 Å². The Bertz CT molecular complexity index is 1250. The van der Waals surface area contributed by atoms with Crippen LogP contribution in [0, 0.1) is 17.0 Å². The Hall–Kier alpha value is -2.91. The van der Waals surface area contributed by atoms with Gasteiger partial charge in [0.25, 0.3) is 11.6 Å². The van der Waals surface area contributed by atoms with Crippen molar-refractivity contribution in [2.45, 2.75) is 26.2 Å². The van der Waals surface area contributed by atoms with Gasteiger partial charge in [0.1, 0.15) is 5.69 Å². The zero-order valence-electron chi connectivity index (χ0n) is 19.0. The van der Waals surface area contributed by atoms with Crippen molar-refractivity contribution >= 4 is 55.6 Å². The average Bonchev–Trinajstić information content (AvgIpc) is 3.31. The number of hydrogen-bond acceptors (Lipinski definition) is 7. The van der Waals surface area contributed by atoms with Crippen LogP contribution in [-0.4, -0.2) is 60.0 Å². The molecule has 2 aliphatic rings. The number of carbonyl (C=O) groups is 1. The van der Waals surface area contributed by atoms with E-state index in [1.54, 1.807) is 28.4 Å². The summed E-state index contributed by atoms with van der Waals surface area (Å²) < 4.78 is 1.09. The van der Waals surface area contributed by atoms with Crippen LogP contribution in [0.3, 0.4) is 0 Å². The van der Waals surface area contributed by atoms with Gasteiger partial charge in [-0.1, -0.05) is 22.9 Å². The maximum atomic E-state index is 13.2. The maximum Gasteiger partial charge on any atom is 0.293 e. The van der Waals surface area contributed by atoms with E-state index in [0.29, 0.717) is 42.5 Å². The monoisotopic (exact) mass is 499 g/mol. The second-order valence-corrected chi connectivity index (χ2v) is 10.2. The second-order valence-electron chi connectivity index (χ2n) is 8.80. The van der Waals surface area contributed by atoms with Crippen molar-refractivity contribution in [3.63, 3.8) is 0 Å². The highest BCUT2D eigenvalue weighted by Crippen LogP contribution is 2.34. The Kier molecular flexibility index (Phi) is 6.31. The maximum absolute atomic E-state index is 13.2. The Balaban J connectivity index is 1.29. The minimum atomic E-state index is -0.375. The van der Waals surface area contributed by atoms with Gasteiger partial charge in [-0.15, -0.1) is 0 Å². The molecule has 1 aromatic heterocycles. The Morgan fingerprint density at radius 2 is 1.76 bits per heavy atom. The minimum Gasteiger partial charge on any atom is -0.366 e. The van der Waals surface area contributed by atoms with E-state index in [0.717, 1.165) is 53.3 Å². The predicted octanol–water partition coefficient (Wildman–Crippen LogP) is 5.12. The molecule has 0 N–H and O–H groups in total. The van der Waals surface area contributed by atoms with Gasteiger partial charge in [-0.2, -0.15) is 0 Å². The van der Waals surface area contributed by atoms with Crippen molar-refractivity contribution in [3.8, 4) is 0 Å². The number of benzene rings is 2. The molecule has 2 saturated heterocycles. The topological polar surface area (TPSA) is 82.8 Å². The number of piperidine rings is 1. The van der Waals surface area contributed by atoms with Gasteiger partial charge < -0.3 is 14.7 Å². The number of rotatable bonds is 4. The fourth-order valence-electron chi connectivity index (χ4n) is 4.71. The molecule has 2 aliphatic heterocycles. The van der Waals surface area contributed by atoms with Crippen molar-refractivity contribution < 1.29 is 9.72 Å². The molecule has 10 heteroatoms. The lowest BCUT2D eigenvalue weighted by molar-refractivity contribution is -0.384. The molecular weight excluding hydrogens is 474 g/mol. The van der Waals surface area contributed by atoms with E-state index in [1.165, 1.54) is 6.07 Å². The second kappa shape index (κ2) is 9.38. The number of fused-ring (bicyclic) bond motifs is 1. The fourth-order valence-corrected chi connectivity index (χ4v) is 5.94. The number of nitrogens with zero attached hydrogens (tertiary/aromatic N) is 5. The minimum absolute atomic E-state index is 0.00916. The molecule has 0 spiro atoms. The van der Waals surface area contributed by atoms with E-state index in [-0.39, 0.29) is 16.5 Å². The third-order valence-electron chi connectivity index (χ3n) is 6.69. The van der Waals surface area contributed by atoms with Gasteiger partial charge in [-0.25, -0.2) is 4.98 Å². The summed E-state index contributed by atoms with van der Waals surface area (Å²) in [6.07, 6.45) is 3.21. The van der Waals surface area contributed by atoms with Crippen LogP contribution < -0.4 is 9.80 Å². The molecule has 2 fully saturated rings. The lowest BCUT2D eigenvalue weighted by Crippen LogP contribution is -2.48. The molecule has 0 aliphatic carbocycles. The number of nitro benzene ring substituents is 1. The summed E-state index contributed by atoms with van der Waals surface area (Å²) in [5.74, 6) is -0.167. The van der Waals surface area contributed by atoms with Gasteiger partial charge in [0, 0.05) is 55.9 Å². The summed E-state index contributed by atoms with van der Waals surface area (Å²) in [5, 5.41) is 13.4. The Morgan fingerprint density at radius 3 is 2.47 bits per heavy atom. The largest absolute Gasteiger partial charge is 0.366 e. The van der Waals surface area contributed by atoms with Crippen molar-refractivity contribution in [1.82, 2.24) is 9.88 Å². The number of aryl methyl sites for hydroxylation is 1. The zero-order chi connectivity index (χ0) is 23.8. The molecule has 1 amide bonds. The fraction of sp³-hybridized carbons (Fsp3) is 0.417. The molecular formula is C24H26ClN5O3S. The lowest BCUT2D eigenvalue weighted by atomic mass is 10.1. The van der Waals surface area contributed by atoms with Gasteiger partial charge >= 0.3 is 0 Å². The summed E-state index contributed by atoms with van der Waals surface area (Å²) in [6.45, 7) is 5.99. The molecule has 3 aromatic rings. The number of anilines is 2. The molecule has 2 aromatic carbocycles. The van der Waals surface area contributed by atoms with Crippen LogP contribution >= 0.6 is 22.9 Å². The molecule has 0 unspecified atom stereocenters. The number of aromatic nitrogens is 1. The molecule has 0 saturated carbocycles. The third kappa shape index (κ3) is 4.30. The SMILES string of the molecule is Cc1c(Cl)ccc2sc(N3CCN(C(=O)c4ccc(N5CCCCC5)c([N+](=O)[O-])c4)CC3)nc12. The van der Waals surface area contributed by atoms with E-state index < -0.39 is 0 Å². The third-order valence-corrected chi connectivity index (χ3v) is 8.18. The van der Waals surface area contributed by atoms with Crippen LogP contribution in [0.4, 0.5) is 16.5 Å². The van der Waals surface area contributed by atoms with Gasteiger partial charge in [0.05, 0.1) is 15.1 Å². The van der Waals surface area contributed by atoms with Crippen LogP contribution in [0.2, 0.25) is 5.02 Å². The molecule has 5 rings (SSSR count). The first-order valence-corrected chi connectivity index (χ1v) is 12.7. The number of piperazine rings is 1. The standard InChI is InChI=1S/C24H26ClN5O3S/c1-16-18(25)6-8-21-22(16)26-24(34-21)29-13-11-28(12-14-29)23(31)17-5-7-19(20(15-17)30(32)33)27-9-3-2-4-10-27/h5-8,15H,2-4,9-14H2,1H3. The van der Waals surface area contributed by atoms with Crippen LogP contribution in [0.15, 0.2) is 30.3 Å². The molecule has 3 heterocycles. The summed E-state index contributed by atoms with van der Waals surface area (Å²) in [5.41, 5.74) is 2.88. The highest BCUT2D eigenvalue weighted by Gasteiger charge is 2.27. The number of thiazole rings is 1.